The Balaban J connectivity index is 1.54. The molecule has 1 fully saturated rings. The van der Waals surface area contributed by atoms with E-state index in [4.69, 9.17) is 17.3 Å². The Kier molecular flexibility index (Phi) is 4.53. The molecule has 2 aromatic carbocycles. The van der Waals surface area contributed by atoms with Crippen LogP contribution in [0.2, 0.25) is 5.02 Å². The van der Waals surface area contributed by atoms with Crippen LogP contribution in [0.25, 0.3) is 21.9 Å². The third-order valence-corrected chi connectivity index (χ3v) is 6.04. The van der Waals surface area contributed by atoms with E-state index in [2.05, 4.69) is 27.0 Å². The number of hydrogen-bond acceptors (Lipinski definition) is 4. The van der Waals surface area contributed by atoms with Gasteiger partial charge in [-0.05, 0) is 49.2 Å². The number of hydrogen-bond donors (Lipinski definition) is 2. The average molecular weight is 408 g/mol. The topological polar surface area (TPSA) is 79.9 Å². The molecule has 0 radical (unpaired) electrons. The summed E-state index contributed by atoms with van der Waals surface area (Å²) in [6.07, 6.45) is 2.51. The number of nitrogen functional groups attached to an aromatic ring is 1. The molecule has 4 aromatic rings. The smallest absolute Gasteiger partial charge is 0.326 e. The molecule has 7 heteroatoms. The first-order valence-corrected chi connectivity index (χ1v) is 10.2. The van der Waals surface area contributed by atoms with Crippen LogP contribution in [0.15, 0.2) is 47.3 Å². The molecule has 1 saturated heterocycles. The van der Waals surface area contributed by atoms with Gasteiger partial charge in [0.2, 0.25) is 0 Å². The lowest BCUT2D eigenvalue weighted by atomic mass is 10.1. The van der Waals surface area contributed by atoms with Crippen LogP contribution in [0.4, 0.5) is 5.82 Å². The molecule has 0 aliphatic carbocycles. The van der Waals surface area contributed by atoms with Crippen molar-refractivity contribution in [1.82, 2.24) is 19.4 Å². The molecular weight excluding hydrogens is 386 g/mol. The fraction of sp³-hybridized carbons (Fsp3) is 0.273. The van der Waals surface area contributed by atoms with Gasteiger partial charge in [0.1, 0.15) is 11.3 Å². The summed E-state index contributed by atoms with van der Waals surface area (Å²) in [5.41, 5.74) is 10.1. The number of nitrogens with zero attached hydrogens (tertiary/aromatic N) is 3. The summed E-state index contributed by atoms with van der Waals surface area (Å²) in [7, 11) is 0. The first kappa shape index (κ1) is 18.2. The lowest BCUT2D eigenvalue weighted by molar-refractivity contribution is 0.331. The van der Waals surface area contributed by atoms with Crippen molar-refractivity contribution in [2.45, 2.75) is 25.9 Å². The molecule has 29 heavy (non-hydrogen) atoms. The molecule has 3 N–H and O–H groups in total. The van der Waals surface area contributed by atoms with Crippen LogP contribution in [0.3, 0.4) is 0 Å². The minimum Gasteiger partial charge on any atom is -0.382 e. The van der Waals surface area contributed by atoms with E-state index in [1.54, 1.807) is 4.57 Å². The van der Waals surface area contributed by atoms with Crippen LogP contribution >= 0.6 is 11.6 Å². The highest BCUT2D eigenvalue weighted by molar-refractivity contribution is 6.31. The molecule has 6 nitrogen and oxygen atoms in total. The zero-order valence-corrected chi connectivity index (χ0v) is 16.7. The lowest BCUT2D eigenvalue weighted by Gasteiger charge is -2.16. The molecular formula is C22H22ClN5O. The van der Waals surface area contributed by atoms with Crippen molar-refractivity contribution in [2.24, 2.45) is 0 Å². The highest BCUT2D eigenvalue weighted by Crippen LogP contribution is 2.27. The van der Waals surface area contributed by atoms with Gasteiger partial charge >= 0.3 is 5.69 Å². The number of nitrogens with two attached hydrogens (primary N) is 1. The third kappa shape index (κ3) is 3.28. The maximum atomic E-state index is 12.7. The summed E-state index contributed by atoms with van der Waals surface area (Å²) in [5, 5.41) is 1.64. The number of H-pyrrole nitrogens is 1. The van der Waals surface area contributed by atoms with Gasteiger partial charge in [0.25, 0.3) is 0 Å². The van der Waals surface area contributed by atoms with Crippen LogP contribution in [-0.2, 0) is 13.1 Å². The van der Waals surface area contributed by atoms with E-state index < -0.39 is 0 Å². The fourth-order valence-corrected chi connectivity index (χ4v) is 4.49. The van der Waals surface area contributed by atoms with Gasteiger partial charge in [-0.15, -0.1) is 0 Å². The molecule has 1 aliphatic heterocycles. The molecule has 148 valence electrons. The Morgan fingerprint density at radius 3 is 2.69 bits per heavy atom. The molecule has 0 atom stereocenters. The molecule has 0 bridgehead atoms. The van der Waals surface area contributed by atoms with Crippen molar-refractivity contribution < 1.29 is 0 Å². The molecule has 3 heterocycles. The average Bonchev–Trinajstić information content (AvgIpc) is 3.33. The summed E-state index contributed by atoms with van der Waals surface area (Å²) in [4.78, 5) is 22.4. The third-order valence-electron chi connectivity index (χ3n) is 5.69. The number of nitrogens with one attached hydrogen (secondary N) is 1. The second kappa shape index (κ2) is 7.21. The molecule has 0 unspecified atom stereocenters. The number of pyridine rings is 1. The van der Waals surface area contributed by atoms with E-state index in [-0.39, 0.29) is 5.69 Å². The van der Waals surface area contributed by atoms with Gasteiger partial charge in [0.15, 0.2) is 0 Å². The Morgan fingerprint density at radius 2 is 1.90 bits per heavy atom. The summed E-state index contributed by atoms with van der Waals surface area (Å²) in [6.45, 7) is 3.55. The number of aromatic amines is 1. The van der Waals surface area contributed by atoms with Gasteiger partial charge in [-0.2, -0.15) is 0 Å². The van der Waals surface area contributed by atoms with E-state index in [9.17, 15) is 4.79 Å². The quantitative estimate of drug-likeness (QED) is 0.539. The van der Waals surface area contributed by atoms with Gasteiger partial charge < -0.3 is 10.7 Å². The van der Waals surface area contributed by atoms with E-state index in [1.807, 2.05) is 30.3 Å². The lowest BCUT2D eigenvalue weighted by Crippen LogP contribution is -2.19. The van der Waals surface area contributed by atoms with E-state index in [0.29, 0.717) is 17.9 Å². The van der Waals surface area contributed by atoms with Gasteiger partial charge in [0.05, 0.1) is 17.6 Å². The summed E-state index contributed by atoms with van der Waals surface area (Å²) in [5.74, 6) is 0.327. The Labute approximate surface area is 172 Å². The maximum absolute atomic E-state index is 12.7. The predicted octanol–water partition coefficient (Wildman–Crippen LogP) is 3.76. The number of halogens is 1. The second-order valence-electron chi connectivity index (χ2n) is 7.66. The minimum atomic E-state index is -0.206. The zero-order chi connectivity index (χ0) is 20.0. The standard InChI is InChI=1S/C22H22ClN5O/c23-17-11-14(7-8-15(17)13-27-9-3-4-10-27)12-28-20-16-5-1-2-6-18(16)25-21(24)19(20)26-22(28)29/h1-2,5-8,11H,3-4,9-10,12-13H2,(H2,24,25)(H,26,29). The monoisotopic (exact) mass is 407 g/mol. The number of aromatic nitrogens is 3. The Bertz CT molecular complexity index is 1270. The van der Waals surface area contributed by atoms with Crippen molar-refractivity contribution in [1.29, 1.82) is 0 Å². The van der Waals surface area contributed by atoms with Crippen molar-refractivity contribution in [3.05, 3.63) is 69.1 Å². The van der Waals surface area contributed by atoms with E-state index >= 15 is 0 Å². The van der Waals surface area contributed by atoms with Crippen molar-refractivity contribution >= 4 is 39.4 Å². The normalized spacial score (nSPS) is 14.9. The maximum Gasteiger partial charge on any atom is 0.326 e. The number of fused-ring (bicyclic) bond motifs is 3. The van der Waals surface area contributed by atoms with Gasteiger partial charge in [-0.3, -0.25) is 9.47 Å². The van der Waals surface area contributed by atoms with Crippen LogP contribution in [0.5, 0.6) is 0 Å². The number of likely N-dealkylation sites (tertiary alicyclic amines) is 1. The van der Waals surface area contributed by atoms with Crippen molar-refractivity contribution in [3.8, 4) is 0 Å². The molecule has 0 saturated carbocycles. The molecule has 1 aliphatic rings. The van der Waals surface area contributed by atoms with Crippen LogP contribution in [0.1, 0.15) is 24.0 Å². The van der Waals surface area contributed by atoms with Crippen LogP contribution < -0.4 is 11.4 Å². The van der Waals surface area contributed by atoms with E-state index in [1.165, 1.54) is 12.8 Å². The SMILES string of the molecule is Nc1nc2ccccc2c2c1[nH]c(=O)n2Cc1ccc(CN2CCCC2)c(Cl)c1. The number of rotatable bonds is 4. The van der Waals surface area contributed by atoms with Crippen molar-refractivity contribution in [2.75, 3.05) is 18.8 Å². The second-order valence-corrected chi connectivity index (χ2v) is 8.07. The summed E-state index contributed by atoms with van der Waals surface area (Å²) in [6, 6.07) is 13.8. The fourth-order valence-electron chi connectivity index (χ4n) is 4.23. The van der Waals surface area contributed by atoms with Gasteiger partial charge in [0, 0.05) is 17.0 Å². The van der Waals surface area contributed by atoms with Gasteiger partial charge in [-0.1, -0.05) is 41.9 Å². The summed E-state index contributed by atoms with van der Waals surface area (Å²) >= 11 is 6.57. The Morgan fingerprint density at radius 1 is 1.10 bits per heavy atom. The number of para-hydroxylation sites is 1. The number of benzene rings is 2. The highest BCUT2D eigenvalue weighted by atomic mass is 35.5. The largest absolute Gasteiger partial charge is 0.382 e. The molecule has 2 aromatic heterocycles. The van der Waals surface area contributed by atoms with Crippen molar-refractivity contribution in [3.63, 3.8) is 0 Å². The van der Waals surface area contributed by atoms with Crippen LogP contribution in [0, 0.1) is 0 Å². The number of imidazole rings is 1. The van der Waals surface area contributed by atoms with Gasteiger partial charge in [-0.25, -0.2) is 9.78 Å². The first-order chi connectivity index (χ1) is 14.1. The van der Waals surface area contributed by atoms with Crippen LogP contribution in [-0.4, -0.2) is 32.5 Å². The van der Waals surface area contributed by atoms with E-state index in [0.717, 1.165) is 52.2 Å². The number of anilines is 1. The minimum absolute atomic E-state index is 0.206. The molecule has 0 spiro atoms. The Hall–Kier alpha value is -2.83. The predicted molar refractivity (Wildman–Crippen MR) is 117 cm³/mol. The summed E-state index contributed by atoms with van der Waals surface area (Å²) < 4.78 is 1.71. The highest BCUT2D eigenvalue weighted by Gasteiger charge is 2.16. The molecule has 0 amide bonds. The molecule has 5 rings (SSSR count). The zero-order valence-electron chi connectivity index (χ0n) is 16.0. The first-order valence-electron chi connectivity index (χ1n) is 9.86.